The molecular weight excluding hydrogens is 540 g/mol. The summed E-state index contributed by atoms with van der Waals surface area (Å²) in [5, 5.41) is 9.72. The fraction of sp³-hybridized carbons (Fsp3) is 0.115. The van der Waals surface area contributed by atoms with E-state index in [0.29, 0.717) is 27.1 Å². The Morgan fingerprint density at radius 3 is 2.61 bits per heavy atom. The van der Waals surface area contributed by atoms with Crippen LogP contribution in [0, 0.1) is 5.82 Å². The SMILES string of the molecule is O=C1C[C@](c2ccsc2)(c2cccc(Nc3ccc(F)cc3Cl)n2)NC(=O)C1Sc1ccccc1Cl. The summed E-state index contributed by atoms with van der Waals surface area (Å²) in [4.78, 5) is 32.2. The van der Waals surface area contributed by atoms with Crippen LogP contribution in [0.2, 0.25) is 10.0 Å². The zero-order chi connectivity index (χ0) is 25.3. The summed E-state index contributed by atoms with van der Waals surface area (Å²) in [6.07, 6.45) is 0.0192. The van der Waals surface area contributed by atoms with Gasteiger partial charge in [0.25, 0.3) is 0 Å². The van der Waals surface area contributed by atoms with Crippen LogP contribution < -0.4 is 10.6 Å². The van der Waals surface area contributed by atoms with E-state index >= 15 is 0 Å². The number of thioether (sulfide) groups is 1. The van der Waals surface area contributed by atoms with Gasteiger partial charge in [-0.3, -0.25) is 9.59 Å². The molecule has 1 unspecified atom stereocenters. The average molecular weight is 558 g/mol. The van der Waals surface area contributed by atoms with Gasteiger partial charge in [-0.05, 0) is 64.9 Å². The van der Waals surface area contributed by atoms with Gasteiger partial charge in [-0.15, -0.1) is 11.8 Å². The number of nitrogens with zero attached hydrogens (tertiary/aromatic N) is 1. The first kappa shape index (κ1) is 24.8. The lowest BCUT2D eigenvalue weighted by Crippen LogP contribution is -2.58. The second-order valence-electron chi connectivity index (χ2n) is 8.14. The van der Waals surface area contributed by atoms with Gasteiger partial charge in [0.15, 0.2) is 5.78 Å². The highest BCUT2D eigenvalue weighted by Gasteiger charge is 2.48. The molecule has 0 radical (unpaired) electrons. The normalized spacial score (nSPS) is 19.7. The minimum atomic E-state index is -1.14. The van der Waals surface area contributed by atoms with Crippen LogP contribution in [0.25, 0.3) is 0 Å². The number of aromatic nitrogens is 1. The number of ketones is 1. The maximum Gasteiger partial charge on any atom is 0.242 e. The van der Waals surface area contributed by atoms with Gasteiger partial charge in [-0.1, -0.05) is 41.4 Å². The zero-order valence-electron chi connectivity index (χ0n) is 18.5. The number of pyridine rings is 1. The van der Waals surface area contributed by atoms with Gasteiger partial charge in [0, 0.05) is 11.3 Å². The molecule has 2 N–H and O–H groups in total. The van der Waals surface area contributed by atoms with E-state index in [2.05, 4.69) is 10.6 Å². The third-order valence-electron chi connectivity index (χ3n) is 5.78. The first-order valence-corrected chi connectivity index (χ1v) is 13.4. The summed E-state index contributed by atoms with van der Waals surface area (Å²) < 4.78 is 13.5. The van der Waals surface area contributed by atoms with E-state index in [4.69, 9.17) is 28.2 Å². The van der Waals surface area contributed by atoms with Gasteiger partial charge in [0.05, 0.1) is 21.4 Å². The molecule has 2 atom stereocenters. The molecular formula is C26H18Cl2FN3O2S2. The molecule has 0 bridgehead atoms. The summed E-state index contributed by atoms with van der Waals surface area (Å²) in [5.41, 5.74) is 0.592. The number of thiophene rings is 1. The van der Waals surface area contributed by atoms with Crippen molar-refractivity contribution in [2.24, 2.45) is 0 Å². The number of rotatable bonds is 6. The maximum absolute atomic E-state index is 13.5. The fourth-order valence-electron chi connectivity index (χ4n) is 4.06. The Kier molecular flexibility index (Phi) is 7.03. The van der Waals surface area contributed by atoms with Crippen molar-refractivity contribution in [3.05, 3.63) is 105 Å². The van der Waals surface area contributed by atoms with Gasteiger partial charge in [0.2, 0.25) is 5.91 Å². The Morgan fingerprint density at radius 1 is 1.06 bits per heavy atom. The molecule has 1 fully saturated rings. The summed E-state index contributed by atoms with van der Waals surface area (Å²) in [7, 11) is 0. The molecule has 0 spiro atoms. The molecule has 4 aromatic rings. The van der Waals surface area contributed by atoms with Gasteiger partial charge in [-0.25, -0.2) is 9.37 Å². The molecule has 0 saturated carbocycles. The van der Waals surface area contributed by atoms with E-state index in [1.807, 2.05) is 22.9 Å². The number of benzene rings is 2. The van der Waals surface area contributed by atoms with Crippen LogP contribution in [0.4, 0.5) is 15.9 Å². The standard InChI is InChI=1S/C26H18Cl2FN3O2S2/c27-17-4-1-2-5-21(17)36-24-20(33)13-26(32-25(24)34,15-10-11-35-14-15)22-6-3-7-23(31-22)30-19-9-8-16(29)12-18(19)28/h1-12,14,24H,13H2,(H,30,31)(H,32,34)/t24?,26-/m0/s1. The maximum atomic E-state index is 13.5. The molecule has 1 aliphatic rings. The summed E-state index contributed by atoms with van der Waals surface area (Å²) in [6, 6.07) is 18.3. The Balaban J connectivity index is 1.49. The minimum absolute atomic E-state index is 0.0192. The molecule has 0 aliphatic carbocycles. The van der Waals surface area contributed by atoms with Crippen molar-refractivity contribution in [3.8, 4) is 0 Å². The van der Waals surface area contributed by atoms with Gasteiger partial charge in [-0.2, -0.15) is 11.3 Å². The lowest BCUT2D eigenvalue weighted by atomic mass is 9.79. The predicted molar refractivity (Wildman–Crippen MR) is 143 cm³/mol. The molecule has 5 rings (SSSR count). The molecule has 3 heterocycles. The van der Waals surface area contributed by atoms with Gasteiger partial charge in [0.1, 0.15) is 22.4 Å². The highest BCUT2D eigenvalue weighted by Crippen LogP contribution is 2.41. The molecule has 2 aromatic carbocycles. The van der Waals surface area contributed by atoms with Crippen LogP contribution in [0.5, 0.6) is 0 Å². The Hall–Kier alpha value is -2.91. The van der Waals surface area contributed by atoms with Crippen LogP contribution in [-0.4, -0.2) is 21.9 Å². The number of anilines is 2. The lowest BCUT2D eigenvalue weighted by Gasteiger charge is -2.39. The average Bonchev–Trinajstić information content (AvgIpc) is 3.40. The molecule has 36 heavy (non-hydrogen) atoms. The van der Waals surface area contributed by atoms with Crippen molar-refractivity contribution in [2.45, 2.75) is 22.1 Å². The summed E-state index contributed by atoms with van der Waals surface area (Å²) >= 11 is 15.0. The highest BCUT2D eigenvalue weighted by molar-refractivity contribution is 8.01. The smallest absolute Gasteiger partial charge is 0.242 e. The number of piperidine rings is 1. The Morgan fingerprint density at radius 2 is 1.89 bits per heavy atom. The Bertz CT molecular complexity index is 1430. The number of hydrogen-bond acceptors (Lipinski definition) is 6. The number of amides is 1. The zero-order valence-corrected chi connectivity index (χ0v) is 21.6. The van der Waals surface area contributed by atoms with Crippen molar-refractivity contribution < 1.29 is 14.0 Å². The predicted octanol–water partition coefficient (Wildman–Crippen LogP) is 6.83. The molecule has 1 aliphatic heterocycles. The van der Waals surface area contributed by atoms with E-state index < -0.39 is 22.5 Å². The summed E-state index contributed by atoms with van der Waals surface area (Å²) in [6.45, 7) is 0. The second-order valence-corrected chi connectivity index (χ2v) is 10.9. The van der Waals surface area contributed by atoms with E-state index in [0.717, 1.165) is 17.3 Å². The number of halogens is 3. The number of carbonyl (C=O) groups excluding carboxylic acids is 2. The molecule has 182 valence electrons. The second kappa shape index (κ2) is 10.2. The van der Waals surface area contributed by atoms with Crippen LogP contribution >= 0.6 is 46.3 Å². The number of nitrogens with one attached hydrogen (secondary N) is 2. The minimum Gasteiger partial charge on any atom is -0.339 e. The van der Waals surface area contributed by atoms with E-state index in [1.54, 1.807) is 36.4 Å². The van der Waals surface area contributed by atoms with Crippen LogP contribution in [0.15, 0.2) is 82.4 Å². The molecule has 1 saturated heterocycles. The lowest BCUT2D eigenvalue weighted by molar-refractivity contribution is -0.133. The van der Waals surface area contributed by atoms with Crippen LogP contribution in [-0.2, 0) is 15.1 Å². The molecule has 5 nitrogen and oxygen atoms in total. The quantitative estimate of drug-likeness (QED) is 0.254. The number of Topliss-reactive ketones (excluding diaryl/α,β-unsaturated/α-hetero) is 1. The van der Waals surface area contributed by atoms with Crippen LogP contribution in [0.1, 0.15) is 17.7 Å². The van der Waals surface area contributed by atoms with Crippen molar-refractivity contribution in [2.75, 3.05) is 5.32 Å². The molecule has 2 aromatic heterocycles. The number of carbonyl (C=O) groups is 2. The van der Waals surface area contributed by atoms with E-state index in [-0.39, 0.29) is 17.2 Å². The Labute approximate surface area is 225 Å². The van der Waals surface area contributed by atoms with Crippen molar-refractivity contribution >= 4 is 69.5 Å². The van der Waals surface area contributed by atoms with E-state index in [1.165, 1.54) is 29.5 Å². The topological polar surface area (TPSA) is 71.1 Å². The van der Waals surface area contributed by atoms with Crippen molar-refractivity contribution in [3.63, 3.8) is 0 Å². The third-order valence-corrected chi connectivity index (χ3v) is 8.54. The monoisotopic (exact) mass is 557 g/mol. The first-order valence-electron chi connectivity index (χ1n) is 10.8. The largest absolute Gasteiger partial charge is 0.339 e. The third kappa shape index (κ3) is 4.86. The van der Waals surface area contributed by atoms with Crippen LogP contribution in [0.3, 0.4) is 0 Å². The van der Waals surface area contributed by atoms with Gasteiger partial charge < -0.3 is 10.6 Å². The summed E-state index contributed by atoms with van der Waals surface area (Å²) in [5.74, 6) is -0.651. The van der Waals surface area contributed by atoms with Crippen molar-refractivity contribution in [1.82, 2.24) is 10.3 Å². The fourth-order valence-corrected chi connectivity index (χ4v) is 6.25. The highest BCUT2D eigenvalue weighted by atomic mass is 35.5. The van der Waals surface area contributed by atoms with Gasteiger partial charge >= 0.3 is 0 Å². The van der Waals surface area contributed by atoms with E-state index in [9.17, 15) is 14.0 Å². The molecule has 1 amide bonds. The number of hydrogen-bond donors (Lipinski definition) is 2. The molecule has 10 heteroatoms. The first-order chi connectivity index (χ1) is 17.4. The van der Waals surface area contributed by atoms with Crippen molar-refractivity contribution in [1.29, 1.82) is 0 Å².